The summed E-state index contributed by atoms with van der Waals surface area (Å²) in [7, 11) is 0. The summed E-state index contributed by atoms with van der Waals surface area (Å²) in [6, 6.07) is 127. The van der Waals surface area contributed by atoms with Crippen LogP contribution in [0.3, 0.4) is 0 Å². The molecule has 2 heteroatoms. The van der Waals surface area contributed by atoms with Crippen LogP contribution in [0.1, 0.15) is 313 Å². The Morgan fingerprint density at radius 3 is 0.957 bits per heavy atom. The van der Waals surface area contributed by atoms with Crippen molar-refractivity contribution in [2.75, 3.05) is 0 Å². The van der Waals surface area contributed by atoms with Crippen LogP contribution in [0.25, 0.3) is 150 Å². The van der Waals surface area contributed by atoms with Crippen LogP contribution in [0.2, 0.25) is 0 Å². The van der Waals surface area contributed by atoms with Gasteiger partial charge in [0.05, 0.1) is 10.9 Å². The summed E-state index contributed by atoms with van der Waals surface area (Å²) in [5.41, 5.74) is 55.7. The molecule has 0 amide bonds. The Labute approximate surface area is 840 Å². The van der Waals surface area contributed by atoms with Gasteiger partial charge in [-0.25, -0.2) is 0 Å². The first-order valence-electron chi connectivity index (χ1n) is 55.0. The number of fused-ring (bicyclic) bond motifs is 20. The minimum Gasteiger partial charge on any atom is -0.310 e. The molecule has 0 fully saturated rings. The van der Waals surface area contributed by atoms with Gasteiger partial charge in [0, 0.05) is 43.6 Å². The van der Waals surface area contributed by atoms with E-state index in [0.717, 1.165) is 0 Å². The Balaban J connectivity index is 0.680. The van der Waals surface area contributed by atoms with Crippen LogP contribution in [-0.2, 0) is 27.1 Å². The lowest BCUT2D eigenvalue weighted by molar-refractivity contribution is 0.398. The molecule has 0 radical (unpaired) electrons. The first-order chi connectivity index (χ1) is 69.1. The minimum atomic E-state index is -0.712. The molecule has 2 aliphatic heterocycles. The van der Waals surface area contributed by atoms with Gasteiger partial charge >= 0.3 is 0 Å². The molecular weight excluding hydrogens is 1690 g/mol. The molecule has 0 saturated carbocycles. The Bertz CT molecular complexity index is 7630. The molecule has 5 aliphatic carbocycles. The van der Waals surface area contributed by atoms with Crippen LogP contribution < -0.4 is 16.4 Å². The number of hydrogen-bond donors (Lipinski definition) is 0. The zero-order chi connectivity index (χ0) is 95.6. The van der Waals surface area contributed by atoms with Gasteiger partial charge in [0.1, 0.15) is 0 Å². The third-order valence-electron chi connectivity index (χ3n) is 35.9. The third kappa shape index (κ3) is 14.5. The van der Waals surface area contributed by atoms with Gasteiger partial charge in [-0.3, -0.25) is 0 Å². The zero-order valence-corrected chi connectivity index (χ0v) is 85.3. The van der Waals surface area contributed by atoms with E-state index in [2.05, 4.69) is 389 Å². The summed E-state index contributed by atoms with van der Waals surface area (Å²) in [5, 5.41) is 2.59. The molecule has 1 aromatic heterocycles. The van der Waals surface area contributed by atoms with Crippen molar-refractivity contribution in [2.45, 2.75) is 276 Å². The first kappa shape index (κ1) is 90.9. The lowest BCUT2D eigenvalue weighted by Gasteiger charge is -2.43. The molecular formula is C139H138BN. The molecule has 0 atom stereocenters. The lowest BCUT2D eigenvalue weighted by Crippen LogP contribution is -2.58. The van der Waals surface area contributed by atoms with Crippen molar-refractivity contribution in [1.82, 2.24) is 4.57 Å². The fraction of sp³-hybridized carbons (Fsp3) is 0.309. The van der Waals surface area contributed by atoms with Crippen molar-refractivity contribution >= 4 is 44.9 Å². The quantitative estimate of drug-likeness (QED) is 0.0276. The minimum absolute atomic E-state index is 0.000000784. The van der Waals surface area contributed by atoms with Gasteiger partial charge < -0.3 is 4.57 Å². The number of unbranched alkanes of at least 4 members (excludes halogenated alkanes) is 20. The van der Waals surface area contributed by atoms with Crippen molar-refractivity contribution in [3.8, 4) is 128 Å². The van der Waals surface area contributed by atoms with E-state index in [0.29, 0.717) is 0 Å². The maximum Gasteiger partial charge on any atom is 0.248 e. The van der Waals surface area contributed by atoms with Crippen molar-refractivity contribution in [3.05, 3.63) is 393 Å². The molecule has 0 bridgehead atoms. The summed E-state index contributed by atoms with van der Waals surface area (Å²) in [5.74, 6) is 0. The van der Waals surface area contributed by atoms with Crippen molar-refractivity contribution in [3.63, 3.8) is 0 Å². The highest BCUT2D eigenvalue weighted by Gasteiger charge is 2.55. The second-order valence-electron chi connectivity index (χ2n) is 44.8. The Morgan fingerprint density at radius 2 is 0.532 bits per heavy atom. The highest BCUT2D eigenvalue weighted by Crippen LogP contribution is 2.65. The monoisotopic (exact) mass is 1830 g/mol. The molecule has 3 heterocycles. The number of nitrogens with zero attached hydrogens (tertiary/aromatic N) is 1. The molecule has 141 heavy (non-hydrogen) atoms. The summed E-state index contributed by atoms with van der Waals surface area (Å²) < 4.78 is 2.82. The van der Waals surface area contributed by atoms with Crippen molar-refractivity contribution in [1.29, 1.82) is 0 Å². The lowest BCUT2D eigenvalue weighted by atomic mass is 9.33. The third-order valence-corrected chi connectivity index (χ3v) is 35.9. The highest BCUT2D eigenvalue weighted by atomic mass is 15.0. The van der Waals surface area contributed by atoms with Crippen LogP contribution in [-0.4, -0.2) is 11.3 Å². The number of aromatic nitrogens is 1. The average Bonchev–Trinajstić information content (AvgIpc) is 1.51. The maximum absolute atomic E-state index is 2.82. The van der Waals surface area contributed by atoms with Crippen molar-refractivity contribution in [2.24, 2.45) is 0 Å². The topological polar surface area (TPSA) is 4.93 Å². The largest absolute Gasteiger partial charge is 0.310 e. The summed E-state index contributed by atoms with van der Waals surface area (Å²) in [4.78, 5) is 0. The van der Waals surface area contributed by atoms with E-state index in [-0.39, 0.29) is 28.4 Å². The Morgan fingerprint density at radius 1 is 0.213 bits per heavy atom. The first-order valence-corrected chi connectivity index (χ1v) is 55.0. The van der Waals surface area contributed by atoms with Gasteiger partial charge in [-0.05, 0) is 305 Å². The summed E-state index contributed by atoms with van der Waals surface area (Å²) in [6.45, 7) is 24.1. The van der Waals surface area contributed by atoms with E-state index in [4.69, 9.17) is 0 Å². The van der Waals surface area contributed by atoms with Crippen LogP contribution in [0.5, 0.6) is 0 Å². The second kappa shape index (κ2) is 36.7. The molecule has 702 valence electrons. The van der Waals surface area contributed by atoms with Gasteiger partial charge in [-0.15, -0.1) is 0 Å². The predicted molar refractivity (Wildman–Crippen MR) is 604 cm³/mol. The van der Waals surface area contributed by atoms with Crippen LogP contribution in [0, 0.1) is 13.8 Å². The Hall–Kier alpha value is -12.6. The maximum atomic E-state index is 2.82. The summed E-state index contributed by atoms with van der Waals surface area (Å²) >= 11 is 0. The summed E-state index contributed by atoms with van der Waals surface area (Å²) in [6.07, 6.45) is 36.3. The van der Waals surface area contributed by atoms with E-state index in [1.165, 1.54) is 402 Å². The Kier molecular flexibility index (Phi) is 23.7. The molecule has 7 aliphatic rings. The molecule has 0 N–H and O–H groups in total. The van der Waals surface area contributed by atoms with Gasteiger partial charge in [-0.2, -0.15) is 0 Å². The molecule has 1 spiro atoms. The molecule has 24 rings (SSSR count). The number of rotatable bonds is 35. The fourth-order valence-electron chi connectivity index (χ4n) is 28.9. The average molecular weight is 1830 g/mol. The van der Waals surface area contributed by atoms with E-state index < -0.39 is 5.41 Å². The molecule has 17 aromatic rings. The SMILES string of the molecule is CCCCCCCCC1(CCCCCCCC)c2ccccc2-c2ccc(-c3ccc4c(c3)C(C)(C)c3cc(-c5cc6c7c(c5)c5cc(-c8cc9c(cc8C)-c8ccc(-c%10ccc%11c(c%10)C(CCCCCCCC)(CCCCCCCC)c%10ccccc%10-%11)cc8C9(C)C)cc8c5n7-c5c(cccc5C85c7ccccc7-c7ccccc75)B6c5c(-c6ccccc6)cccc5-c5ccccc5)c(C)cc3-4)cc21. The number of aryl methyl sites for hydroxylation is 2. The van der Waals surface area contributed by atoms with E-state index in [1.807, 2.05) is 0 Å². The fourth-order valence-corrected chi connectivity index (χ4v) is 28.9. The normalized spacial score (nSPS) is 15.0. The van der Waals surface area contributed by atoms with Crippen molar-refractivity contribution < 1.29 is 0 Å². The number of hydrogen-bond acceptors (Lipinski definition) is 0. The molecule has 0 saturated heterocycles. The molecule has 16 aromatic carbocycles. The molecule has 0 unspecified atom stereocenters. The van der Waals surface area contributed by atoms with Gasteiger partial charge in [-0.1, -0.05) is 476 Å². The zero-order valence-electron chi connectivity index (χ0n) is 85.3. The highest BCUT2D eigenvalue weighted by molar-refractivity contribution is 6.99. The van der Waals surface area contributed by atoms with Crippen LogP contribution >= 0.6 is 0 Å². The van der Waals surface area contributed by atoms with Crippen LogP contribution in [0.15, 0.2) is 315 Å². The number of para-hydroxylation sites is 1. The second-order valence-corrected chi connectivity index (χ2v) is 44.8. The molecule has 1 nitrogen and oxygen atoms in total. The standard InChI is InChI=1S/C139H138BN/c1-11-15-19-23-27-45-75-137(76-46-28-24-20-16-12-2)117-61-41-37-55-103(117)107-71-67-97(85-126(107)137)95-69-73-109-113-79-91(5)111(89-124(113)135(7,8)122(109)83-95)99-81-115-116-82-100(112-90-125-114(80-92(112)6)110-74-70-96(84-123(110)136(125,9)10)98-68-72-108-104-56-38-42-62-118(104)138(127(108)86-98,77-47-29-25-21-17-13-3)78-48-30-26-22-18-14-4)88-130-133(116)141-132(115)128(87-99)139(119-63-43-39-57-105(119)106-58-40-44-64-120(106)139)121-65-50-66-129(134(121)141)140(130)131-101(93-51-33-31-34-52-93)59-49-60-102(131)94-53-35-32-36-54-94/h31-44,49-74,79-90H,11-30,45-48,75-78H2,1-10H3. The van der Waals surface area contributed by atoms with E-state index in [1.54, 1.807) is 22.3 Å². The van der Waals surface area contributed by atoms with Gasteiger partial charge in [0.25, 0.3) is 0 Å². The number of benzene rings is 16. The predicted octanol–water partition coefficient (Wildman–Crippen LogP) is 37.1. The van der Waals surface area contributed by atoms with Gasteiger partial charge in [0.15, 0.2) is 0 Å². The van der Waals surface area contributed by atoms with E-state index >= 15 is 0 Å². The van der Waals surface area contributed by atoms with Gasteiger partial charge in [0.2, 0.25) is 6.71 Å². The smallest absolute Gasteiger partial charge is 0.248 e. The van der Waals surface area contributed by atoms with Crippen LogP contribution in [0.4, 0.5) is 0 Å². The van der Waals surface area contributed by atoms with E-state index in [9.17, 15) is 0 Å².